The van der Waals surface area contributed by atoms with Gasteiger partial charge in [0.15, 0.2) is 17.6 Å². The molecule has 2 atom stereocenters. The lowest BCUT2D eigenvalue weighted by Crippen LogP contribution is -2.49. The van der Waals surface area contributed by atoms with Gasteiger partial charge in [-0.25, -0.2) is 4.79 Å². The van der Waals surface area contributed by atoms with E-state index < -0.39 is 17.7 Å². The summed E-state index contributed by atoms with van der Waals surface area (Å²) in [5, 5.41) is 30.6. The van der Waals surface area contributed by atoms with Crippen LogP contribution in [0.2, 0.25) is 0 Å². The fraction of sp³-hybridized carbons (Fsp3) is 0.278. The molecule has 1 amide bonds. The van der Waals surface area contributed by atoms with E-state index >= 15 is 0 Å². The molecule has 0 radical (unpaired) electrons. The second-order valence-electron chi connectivity index (χ2n) is 6.74. The molecule has 2 aromatic carbocycles. The lowest BCUT2D eigenvalue weighted by molar-refractivity contribution is 0.0983. The summed E-state index contributed by atoms with van der Waals surface area (Å²) in [5.41, 5.74) is 2.76. The molecule has 122 valence electrons. The number of amides is 1. The van der Waals surface area contributed by atoms with Crippen LogP contribution < -0.4 is 0 Å². The van der Waals surface area contributed by atoms with E-state index in [-0.39, 0.29) is 17.2 Å². The first kappa shape index (κ1) is 13.5. The molecular weight excluding hydrogens is 310 g/mol. The molecular formula is C18H15NO5. The van der Waals surface area contributed by atoms with Crippen molar-refractivity contribution < 1.29 is 24.9 Å². The van der Waals surface area contributed by atoms with Crippen LogP contribution in [0.4, 0.5) is 4.79 Å². The number of aromatic hydroxyl groups is 3. The molecule has 2 heterocycles. The molecule has 6 heteroatoms. The van der Waals surface area contributed by atoms with Crippen molar-refractivity contribution in [3.8, 4) is 28.4 Å². The first-order chi connectivity index (χ1) is 11.4. The van der Waals surface area contributed by atoms with E-state index in [1.807, 2.05) is 6.92 Å². The fourth-order valence-corrected chi connectivity index (χ4v) is 4.54. The summed E-state index contributed by atoms with van der Waals surface area (Å²) >= 11 is 0. The molecule has 0 spiro atoms. The SMILES string of the molecule is C[C@]12c3c4cc(O)c(O)c3-c3ccc(O)cc3[C@@H]1OC(=O)N2CC4. The van der Waals surface area contributed by atoms with Crippen LogP contribution in [0.3, 0.4) is 0 Å². The zero-order chi connectivity index (χ0) is 16.8. The van der Waals surface area contributed by atoms with Crippen molar-refractivity contribution in [1.82, 2.24) is 4.90 Å². The topological polar surface area (TPSA) is 90.2 Å². The number of ether oxygens (including phenoxy) is 1. The summed E-state index contributed by atoms with van der Waals surface area (Å²) < 4.78 is 5.65. The summed E-state index contributed by atoms with van der Waals surface area (Å²) in [4.78, 5) is 14.1. The second-order valence-corrected chi connectivity index (χ2v) is 6.74. The number of carbonyl (C=O) groups excluding carboxylic acids is 1. The molecule has 3 N–H and O–H groups in total. The zero-order valence-electron chi connectivity index (χ0n) is 12.9. The van der Waals surface area contributed by atoms with Gasteiger partial charge in [-0.05, 0) is 48.2 Å². The molecule has 3 aliphatic rings. The van der Waals surface area contributed by atoms with Crippen LogP contribution in [0.25, 0.3) is 11.1 Å². The Kier molecular flexibility index (Phi) is 2.23. The fourth-order valence-electron chi connectivity index (χ4n) is 4.54. The van der Waals surface area contributed by atoms with E-state index in [2.05, 4.69) is 0 Å². The maximum atomic E-state index is 12.4. The monoisotopic (exact) mass is 325 g/mol. The Morgan fingerprint density at radius 1 is 1.25 bits per heavy atom. The predicted octanol–water partition coefficient (Wildman–Crippen LogP) is 2.75. The number of phenolic OH excluding ortho intramolecular Hbond substituents is 3. The van der Waals surface area contributed by atoms with Crippen LogP contribution >= 0.6 is 0 Å². The molecule has 24 heavy (non-hydrogen) atoms. The second kappa shape index (κ2) is 3.95. The van der Waals surface area contributed by atoms with Gasteiger partial charge >= 0.3 is 6.09 Å². The van der Waals surface area contributed by atoms with Gasteiger partial charge in [0.05, 0.1) is 0 Å². The van der Waals surface area contributed by atoms with E-state index in [0.717, 1.165) is 11.1 Å². The molecule has 0 aromatic heterocycles. The van der Waals surface area contributed by atoms with Crippen LogP contribution in [0.5, 0.6) is 17.2 Å². The molecule has 2 aliphatic heterocycles. The summed E-state index contributed by atoms with van der Waals surface area (Å²) in [6, 6.07) is 6.34. The van der Waals surface area contributed by atoms with Crippen LogP contribution in [0.15, 0.2) is 24.3 Å². The van der Waals surface area contributed by atoms with Gasteiger partial charge in [-0.2, -0.15) is 0 Å². The summed E-state index contributed by atoms with van der Waals surface area (Å²) in [6.45, 7) is 2.39. The minimum absolute atomic E-state index is 0.0611. The van der Waals surface area contributed by atoms with Gasteiger partial charge in [0.2, 0.25) is 0 Å². The summed E-state index contributed by atoms with van der Waals surface area (Å²) in [5.74, 6) is -0.323. The first-order valence-electron chi connectivity index (χ1n) is 7.82. The molecule has 1 saturated heterocycles. The Balaban J connectivity index is 1.97. The first-order valence-corrected chi connectivity index (χ1v) is 7.82. The van der Waals surface area contributed by atoms with Crippen molar-refractivity contribution in [2.24, 2.45) is 0 Å². The quantitative estimate of drug-likeness (QED) is 0.648. The van der Waals surface area contributed by atoms with Crippen molar-refractivity contribution in [3.05, 3.63) is 41.0 Å². The lowest BCUT2D eigenvalue weighted by atomic mass is 9.68. The van der Waals surface area contributed by atoms with E-state index in [0.29, 0.717) is 29.7 Å². The number of carbonyl (C=O) groups is 1. The highest BCUT2D eigenvalue weighted by Gasteiger charge is 2.59. The zero-order valence-corrected chi connectivity index (χ0v) is 12.9. The minimum atomic E-state index is -0.772. The number of rotatable bonds is 0. The number of nitrogens with zero attached hydrogens (tertiary/aromatic N) is 1. The third-order valence-corrected chi connectivity index (χ3v) is 5.57. The highest BCUT2D eigenvalue weighted by atomic mass is 16.6. The Morgan fingerprint density at radius 2 is 2.04 bits per heavy atom. The molecule has 5 rings (SSSR count). The molecule has 6 nitrogen and oxygen atoms in total. The molecule has 2 aromatic rings. The smallest absolute Gasteiger partial charge is 0.411 e. The summed E-state index contributed by atoms with van der Waals surface area (Å²) in [7, 11) is 0. The maximum absolute atomic E-state index is 12.4. The van der Waals surface area contributed by atoms with E-state index in [1.165, 1.54) is 6.07 Å². The van der Waals surface area contributed by atoms with E-state index in [9.17, 15) is 20.1 Å². The third kappa shape index (κ3) is 1.31. The minimum Gasteiger partial charge on any atom is -0.508 e. The number of benzene rings is 2. The van der Waals surface area contributed by atoms with Crippen LogP contribution in [-0.4, -0.2) is 32.9 Å². The molecule has 1 fully saturated rings. The van der Waals surface area contributed by atoms with E-state index in [1.54, 1.807) is 23.1 Å². The third-order valence-electron chi connectivity index (χ3n) is 5.57. The summed E-state index contributed by atoms with van der Waals surface area (Å²) in [6.07, 6.45) is -0.383. The van der Waals surface area contributed by atoms with Gasteiger partial charge in [-0.3, -0.25) is 4.90 Å². The Morgan fingerprint density at radius 3 is 2.83 bits per heavy atom. The maximum Gasteiger partial charge on any atom is 0.411 e. The van der Waals surface area contributed by atoms with Gasteiger partial charge in [-0.1, -0.05) is 6.07 Å². The van der Waals surface area contributed by atoms with Crippen LogP contribution in [0, 0.1) is 0 Å². The van der Waals surface area contributed by atoms with Gasteiger partial charge in [-0.15, -0.1) is 0 Å². The van der Waals surface area contributed by atoms with Crippen molar-refractivity contribution in [2.75, 3.05) is 6.54 Å². The average Bonchev–Trinajstić information content (AvgIpc) is 2.80. The lowest BCUT2D eigenvalue weighted by Gasteiger charge is -2.45. The van der Waals surface area contributed by atoms with Crippen LogP contribution in [-0.2, 0) is 16.7 Å². The highest BCUT2D eigenvalue weighted by molar-refractivity contribution is 5.88. The van der Waals surface area contributed by atoms with Gasteiger partial charge in [0.25, 0.3) is 0 Å². The number of fused-ring (bicyclic) bond motifs is 3. The number of hydrogen-bond acceptors (Lipinski definition) is 5. The molecule has 1 aliphatic carbocycles. The number of phenols is 3. The standard InChI is InChI=1S/C18H15NO5/c1-18-14-8-4-5-19(18)17(23)24-16(18)11-7-9(20)2-3-10(11)13(14)15(22)12(21)6-8/h2-3,6-7,16,20-22H,4-5H2,1H3/t16-,18-/m0/s1. The normalized spacial score (nSPS) is 26.0. The van der Waals surface area contributed by atoms with Crippen molar-refractivity contribution in [1.29, 1.82) is 0 Å². The van der Waals surface area contributed by atoms with E-state index in [4.69, 9.17) is 4.74 Å². The van der Waals surface area contributed by atoms with Crippen LogP contribution in [0.1, 0.15) is 29.7 Å². The van der Waals surface area contributed by atoms with Crippen molar-refractivity contribution in [3.63, 3.8) is 0 Å². The number of hydrogen-bond donors (Lipinski definition) is 3. The molecule has 0 saturated carbocycles. The van der Waals surface area contributed by atoms with Crippen molar-refractivity contribution in [2.45, 2.75) is 25.0 Å². The Bertz CT molecular complexity index is 937. The van der Waals surface area contributed by atoms with Gasteiger partial charge < -0.3 is 20.1 Å². The Labute approximate surface area is 137 Å². The molecule has 0 unspecified atom stereocenters. The largest absolute Gasteiger partial charge is 0.508 e. The van der Waals surface area contributed by atoms with Crippen molar-refractivity contribution >= 4 is 6.09 Å². The van der Waals surface area contributed by atoms with Gasteiger partial charge in [0.1, 0.15) is 11.3 Å². The predicted molar refractivity (Wildman–Crippen MR) is 83.9 cm³/mol. The highest BCUT2D eigenvalue weighted by Crippen LogP contribution is 2.61. The molecule has 0 bridgehead atoms. The Hall–Kier alpha value is -2.89. The average molecular weight is 325 g/mol. The van der Waals surface area contributed by atoms with Gasteiger partial charge in [0, 0.05) is 17.7 Å².